The molecule has 1 aliphatic carbocycles. The molecule has 0 spiro atoms. The maximum atomic E-state index is 12.0. The molecule has 7 nitrogen and oxygen atoms in total. The highest BCUT2D eigenvalue weighted by Crippen LogP contribution is 2.29. The molecule has 0 unspecified atom stereocenters. The molecule has 0 aromatic heterocycles. The second-order valence-corrected chi connectivity index (χ2v) is 6.88. The van der Waals surface area contributed by atoms with Crippen molar-refractivity contribution < 1.29 is 23.9 Å². The Morgan fingerprint density at radius 3 is 2.63 bits per heavy atom. The number of rotatable bonds is 8. The van der Waals surface area contributed by atoms with Gasteiger partial charge in [-0.3, -0.25) is 4.79 Å². The zero-order valence-corrected chi connectivity index (χ0v) is 16.1. The van der Waals surface area contributed by atoms with Gasteiger partial charge in [-0.05, 0) is 48.1 Å². The first kappa shape index (κ1) is 20.7. The molecule has 0 aliphatic heterocycles. The normalized spacial score (nSPS) is 22.3. The van der Waals surface area contributed by atoms with Crippen LogP contribution in [0.15, 0.2) is 29.4 Å². The smallest absolute Gasteiger partial charge is 0.347 e. The molecule has 1 N–H and O–H groups in total. The largest absolute Gasteiger partial charge is 0.497 e. The lowest BCUT2D eigenvalue weighted by atomic mass is 9.78. The molecular formula is C20H28N2O5. The van der Waals surface area contributed by atoms with Crippen molar-refractivity contribution in [1.82, 2.24) is 5.32 Å². The zero-order valence-electron chi connectivity index (χ0n) is 16.1. The molecule has 148 valence electrons. The van der Waals surface area contributed by atoms with E-state index in [9.17, 15) is 9.59 Å². The minimum Gasteiger partial charge on any atom is -0.497 e. The number of hydrogen-bond acceptors (Lipinski definition) is 6. The van der Waals surface area contributed by atoms with Crippen molar-refractivity contribution >= 4 is 18.1 Å². The van der Waals surface area contributed by atoms with E-state index in [0.717, 1.165) is 24.2 Å². The summed E-state index contributed by atoms with van der Waals surface area (Å²) in [7, 11) is 1.59. The summed E-state index contributed by atoms with van der Waals surface area (Å²) in [5.41, 5.74) is 0.805. The molecule has 1 amide bonds. The number of nitrogens with zero attached hydrogens (tertiary/aromatic N) is 1. The van der Waals surface area contributed by atoms with Crippen LogP contribution in [0.2, 0.25) is 0 Å². The molecule has 1 aliphatic rings. The Balaban J connectivity index is 1.63. The van der Waals surface area contributed by atoms with E-state index in [2.05, 4.69) is 24.3 Å². The molecule has 1 fully saturated rings. The van der Waals surface area contributed by atoms with Gasteiger partial charge in [0.1, 0.15) is 5.75 Å². The van der Waals surface area contributed by atoms with Crippen molar-refractivity contribution in [3.63, 3.8) is 0 Å². The van der Waals surface area contributed by atoms with Crippen LogP contribution in [-0.2, 0) is 19.2 Å². The van der Waals surface area contributed by atoms with E-state index >= 15 is 0 Å². The summed E-state index contributed by atoms with van der Waals surface area (Å²) >= 11 is 0. The Labute approximate surface area is 160 Å². The van der Waals surface area contributed by atoms with E-state index in [0.29, 0.717) is 11.8 Å². The highest BCUT2D eigenvalue weighted by atomic mass is 16.7. The lowest BCUT2D eigenvalue weighted by Crippen LogP contribution is -2.45. The van der Waals surface area contributed by atoms with Crippen molar-refractivity contribution in [3.05, 3.63) is 29.8 Å². The topological polar surface area (TPSA) is 86.2 Å². The Morgan fingerprint density at radius 2 is 1.93 bits per heavy atom. The van der Waals surface area contributed by atoms with Gasteiger partial charge in [0.2, 0.25) is 6.61 Å². The van der Waals surface area contributed by atoms with Gasteiger partial charge in [-0.25, -0.2) is 4.79 Å². The quantitative estimate of drug-likeness (QED) is 0.428. The highest BCUT2D eigenvalue weighted by Gasteiger charge is 2.28. The van der Waals surface area contributed by atoms with E-state index in [1.165, 1.54) is 12.6 Å². The first-order valence-electron chi connectivity index (χ1n) is 9.24. The average Bonchev–Trinajstić information content (AvgIpc) is 2.67. The van der Waals surface area contributed by atoms with Gasteiger partial charge >= 0.3 is 5.97 Å². The maximum absolute atomic E-state index is 12.0. The van der Waals surface area contributed by atoms with Crippen LogP contribution in [0.25, 0.3) is 0 Å². The number of amides is 1. The molecule has 7 heteroatoms. The molecule has 0 heterocycles. The maximum Gasteiger partial charge on any atom is 0.347 e. The van der Waals surface area contributed by atoms with Gasteiger partial charge in [0.15, 0.2) is 6.61 Å². The summed E-state index contributed by atoms with van der Waals surface area (Å²) in [5.74, 6) is 0.836. The van der Waals surface area contributed by atoms with Crippen molar-refractivity contribution in [3.8, 4) is 5.75 Å². The zero-order chi connectivity index (χ0) is 19.6. The summed E-state index contributed by atoms with van der Waals surface area (Å²) in [6.07, 6.45) is 4.74. The minimum absolute atomic E-state index is 0.144. The van der Waals surface area contributed by atoms with Crippen LogP contribution in [0.5, 0.6) is 5.75 Å². The van der Waals surface area contributed by atoms with E-state index < -0.39 is 5.97 Å². The number of methoxy groups -OCH3 is 1. The standard InChI is InChI=1S/C20H28N2O5/c1-14-5-4-6-18(15(14)2)22-19(23)12-26-20(24)13-27-21-11-16-7-9-17(25-3)10-8-16/h7-11,14-15,18H,4-6,12-13H2,1-3H3,(H,22,23)/b21-11-/t14-,15+,18+/m0/s1. The number of esters is 1. The Kier molecular flexibility index (Phi) is 8.10. The van der Waals surface area contributed by atoms with Gasteiger partial charge in [-0.1, -0.05) is 31.8 Å². The number of ether oxygens (including phenoxy) is 2. The molecule has 0 radical (unpaired) electrons. The van der Waals surface area contributed by atoms with Crippen molar-refractivity contribution in [1.29, 1.82) is 0 Å². The van der Waals surface area contributed by atoms with Crippen molar-refractivity contribution in [2.24, 2.45) is 17.0 Å². The number of hydrogen-bond donors (Lipinski definition) is 1. The van der Waals surface area contributed by atoms with Crippen LogP contribution in [0.3, 0.4) is 0 Å². The van der Waals surface area contributed by atoms with Gasteiger partial charge in [0.05, 0.1) is 13.3 Å². The molecule has 1 aromatic rings. The SMILES string of the molecule is COc1ccc(/C=N\OCC(=O)OCC(=O)N[C@@H]2CCC[C@H](C)[C@H]2C)cc1. The van der Waals surface area contributed by atoms with Crippen molar-refractivity contribution in [2.45, 2.75) is 39.2 Å². The van der Waals surface area contributed by atoms with E-state index in [1.807, 2.05) is 12.1 Å². The number of carbonyl (C=O) groups excluding carboxylic acids is 2. The Hall–Kier alpha value is -2.57. The molecular weight excluding hydrogens is 348 g/mol. The van der Waals surface area contributed by atoms with Crippen LogP contribution in [0.4, 0.5) is 0 Å². The van der Waals surface area contributed by atoms with Gasteiger partial charge in [-0.15, -0.1) is 0 Å². The Morgan fingerprint density at radius 1 is 1.19 bits per heavy atom. The number of carbonyl (C=O) groups is 2. The predicted molar refractivity (Wildman–Crippen MR) is 102 cm³/mol. The molecule has 0 bridgehead atoms. The van der Waals surface area contributed by atoms with Gasteiger partial charge < -0.3 is 19.6 Å². The monoisotopic (exact) mass is 376 g/mol. The van der Waals surface area contributed by atoms with Crippen molar-refractivity contribution in [2.75, 3.05) is 20.3 Å². The molecule has 3 atom stereocenters. The van der Waals surface area contributed by atoms with Crippen LogP contribution < -0.4 is 10.1 Å². The second-order valence-electron chi connectivity index (χ2n) is 6.88. The van der Waals surface area contributed by atoms with E-state index in [4.69, 9.17) is 14.3 Å². The third-order valence-corrected chi connectivity index (χ3v) is 4.99. The fourth-order valence-electron chi connectivity index (χ4n) is 3.10. The molecule has 0 saturated heterocycles. The summed E-state index contributed by atoms with van der Waals surface area (Å²) in [6, 6.07) is 7.35. The fraction of sp³-hybridized carbons (Fsp3) is 0.550. The highest BCUT2D eigenvalue weighted by molar-refractivity contribution is 5.81. The average molecular weight is 376 g/mol. The second kappa shape index (κ2) is 10.5. The Bertz CT molecular complexity index is 644. The first-order valence-corrected chi connectivity index (χ1v) is 9.24. The number of oxime groups is 1. The summed E-state index contributed by atoms with van der Waals surface area (Å²) in [6.45, 7) is 3.70. The van der Waals surface area contributed by atoms with Gasteiger partial charge in [0.25, 0.3) is 5.91 Å². The van der Waals surface area contributed by atoms with Gasteiger partial charge in [0, 0.05) is 6.04 Å². The van der Waals surface area contributed by atoms with Crippen LogP contribution in [0.1, 0.15) is 38.7 Å². The fourth-order valence-corrected chi connectivity index (χ4v) is 3.10. The lowest BCUT2D eigenvalue weighted by Gasteiger charge is -2.34. The third-order valence-electron chi connectivity index (χ3n) is 4.99. The lowest BCUT2D eigenvalue weighted by molar-refractivity contribution is -0.153. The predicted octanol–water partition coefficient (Wildman–Crippen LogP) is 2.53. The molecule has 2 rings (SSSR count). The molecule has 1 aromatic carbocycles. The van der Waals surface area contributed by atoms with Crippen LogP contribution in [0, 0.1) is 11.8 Å². The van der Waals surface area contributed by atoms with Gasteiger partial charge in [-0.2, -0.15) is 0 Å². The van der Waals surface area contributed by atoms with Crippen LogP contribution in [-0.4, -0.2) is 44.5 Å². The van der Waals surface area contributed by atoms with Crippen LogP contribution >= 0.6 is 0 Å². The summed E-state index contributed by atoms with van der Waals surface area (Å²) in [4.78, 5) is 28.5. The minimum atomic E-state index is -0.637. The first-order chi connectivity index (χ1) is 13.0. The number of benzene rings is 1. The summed E-state index contributed by atoms with van der Waals surface area (Å²) < 4.78 is 9.99. The third kappa shape index (κ3) is 6.92. The summed E-state index contributed by atoms with van der Waals surface area (Å²) in [5, 5.41) is 6.66. The molecule has 1 saturated carbocycles. The van der Waals surface area contributed by atoms with E-state index in [-0.39, 0.29) is 25.2 Å². The van der Waals surface area contributed by atoms with E-state index in [1.54, 1.807) is 19.2 Å². The number of nitrogens with one attached hydrogen (secondary N) is 1. The molecule has 27 heavy (non-hydrogen) atoms.